The molecular weight excluding hydrogens is 282 g/mol. The van der Waals surface area contributed by atoms with Crippen molar-refractivity contribution in [2.75, 3.05) is 0 Å². The average molecular weight is 297 g/mol. The van der Waals surface area contributed by atoms with Crippen LogP contribution in [0.25, 0.3) is 0 Å². The number of hydrogen-bond donors (Lipinski definition) is 1. The highest BCUT2D eigenvalue weighted by Gasteiger charge is 2.24. The van der Waals surface area contributed by atoms with Crippen molar-refractivity contribution in [2.45, 2.75) is 25.4 Å². The molecule has 2 aromatic rings. The number of rotatable bonds is 4. The van der Waals surface area contributed by atoms with Gasteiger partial charge in [-0.1, -0.05) is 29.8 Å². The van der Waals surface area contributed by atoms with Crippen molar-refractivity contribution in [1.82, 2.24) is 0 Å². The molecule has 20 heavy (non-hydrogen) atoms. The summed E-state index contributed by atoms with van der Waals surface area (Å²) in [4.78, 5) is 0. The highest BCUT2D eigenvalue weighted by molar-refractivity contribution is 6.31. The van der Waals surface area contributed by atoms with Gasteiger partial charge in [-0.05, 0) is 36.8 Å². The number of aliphatic hydroxyl groups is 1. The molecule has 0 saturated carbocycles. The van der Waals surface area contributed by atoms with Gasteiger partial charge >= 0.3 is 0 Å². The minimum atomic E-state index is -1.21. The molecule has 0 spiro atoms. The van der Waals surface area contributed by atoms with Crippen LogP contribution in [0.1, 0.15) is 18.1 Å². The summed E-state index contributed by atoms with van der Waals surface area (Å²) in [6, 6.07) is 10.4. The van der Waals surface area contributed by atoms with Crippen LogP contribution in [0.15, 0.2) is 42.5 Å². The normalized spacial score (nSPS) is 14.1. The Morgan fingerprint density at radius 2 is 1.80 bits per heavy atom. The van der Waals surface area contributed by atoms with Crippen LogP contribution in [0.4, 0.5) is 8.78 Å². The smallest absolute Gasteiger partial charge is 0.127 e. The molecular formula is C16H15ClF2O. The lowest BCUT2D eigenvalue weighted by atomic mass is 9.89. The predicted molar refractivity (Wildman–Crippen MR) is 75.8 cm³/mol. The first-order valence-corrected chi connectivity index (χ1v) is 6.65. The van der Waals surface area contributed by atoms with Gasteiger partial charge in [0, 0.05) is 23.4 Å². The van der Waals surface area contributed by atoms with Gasteiger partial charge in [-0.2, -0.15) is 0 Å². The van der Waals surface area contributed by atoms with E-state index in [0.29, 0.717) is 5.56 Å². The summed E-state index contributed by atoms with van der Waals surface area (Å²) in [5.74, 6) is -0.806. The Morgan fingerprint density at radius 3 is 2.45 bits per heavy atom. The third kappa shape index (κ3) is 3.78. The number of hydrogen-bond acceptors (Lipinski definition) is 1. The van der Waals surface area contributed by atoms with Crippen molar-refractivity contribution in [3.8, 4) is 0 Å². The zero-order chi connectivity index (χ0) is 14.8. The van der Waals surface area contributed by atoms with Crippen molar-refractivity contribution in [1.29, 1.82) is 0 Å². The maximum absolute atomic E-state index is 13.7. The molecule has 1 nitrogen and oxygen atoms in total. The topological polar surface area (TPSA) is 20.2 Å². The average Bonchev–Trinajstić information content (AvgIpc) is 2.33. The van der Waals surface area contributed by atoms with Gasteiger partial charge in [-0.25, -0.2) is 8.78 Å². The van der Waals surface area contributed by atoms with Crippen LogP contribution in [-0.4, -0.2) is 10.7 Å². The quantitative estimate of drug-likeness (QED) is 0.898. The number of halogens is 3. The Labute approximate surface area is 121 Å². The van der Waals surface area contributed by atoms with Crippen LogP contribution < -0.4 is 0 Å². The maximum atomic E-state index is 13.7. The molecule has 1 N–H and O–H groups in total. The molecule has 0 radical (unpaired) electrons. The summed E-state index contributed by atoms with van der Waals surface area (Å²) in [6.45, 7) is 1.58. The van der Waals surface area contributed by atoms with Crippen LogP contribution in [0.3, 0.4) is 0 Å². The van der Waals surface area contributed by atoms with E-state index >= 15 is 0 Å². The largest absolute Gasteiger partial charge is 0.389 e. The summed E-state index contributed by atoms with van der Waals surface area (Å²) in [6.07, 6.45) is 0.282. The van der Waals surface area contributed by atoms with Crippen molar-refractivity contribution >= 4 is 11.6 Å². The third-order valence-electron chi connectivity index (χ3n) is 3.09. The zero-order valence-corrected chi connectivity index (χ0v) is 11.8. The minimum Gasteiger partial charge on any atom is -0.389 e. The van der Waals surface area contributed by atoms with Gasteiger partial charge in [0.25, 0.3) is 0 Å². The molecule has 2 rings (SSSR count). The van der Waals surface area contributed by atoms with Crippen LogP contribution >= 0.6 is 11.6 Å². The Balaban J connectivity index is 2.19. The van der Waals surface area contributed by atoms with E-state index in [4.69, 9.17) is 11.6 Å². The van der Waals surface area contributed by atoms with E-state index in [0.717, 1.165) is 0 Å². The highest BCUT2D eigenvalue weighted by atomic mass is 35.5. The second-order valence-electron chi connectivity index (χ2n) is 5.18. The zero-order valence-electron chi connectivity index (χ0n) is 11.0. The minimum absolute atomic E-state index is 0.0645. The standard InChI is InChI=1S/C16H15ClF2O/c1-16(20,9-11-4-2-5-12(18)8-11)10-13-14(17)6-3-7-15(13)19/h2-8,20H,9-10H2,1H3. The van der Waals surface area contributed by atoms with Crippen molar-refractivity contribution in [3.05, 3.63) is 70.2 Å². The van der Waals surface area contributed by atoms with Gasteiger partial charge in [0.2, 0.25) is 0 Å². The Kier molecular flexibility index (Phi) is 4.41. The summed E-state index contributed by atoms with van der Waals surface area (Å²) >= 11 is 5.95. The molecule has 0 fully saturated rings. The molecule has 0 amide bonds. The lowest BCUT2D eigenvalue weighted by Gasteiger charge is -2.24. The van der Waals surface area contributed by atoms with Crippen LogP contribution in [0, 0.1) is 11.6 Å². The molecule has 1 atom stereocenters. The predicted octanol–water partition coefficient (Wildman–Crippen LogP) is 4.15. The van der Waals surface area contributed by atoms with E-state index in [2.05, 4.69) is 0 Å². The van der Waals surface area contributed by atoms with Crippen molar-refractivity contribution in [3.63, 3.8) is 0 Å². The maximum Gasteiger partial charge on any atom is 0.127 e. The fourth-order valence-corrected chi connectivity index (χ4v) is 2.46. The van der Waals surface area contributed by atoms with Gasteiger partial charge in [0.15, 0.2) is 0 Å². The van der Waals surface area contributed by atoms with Crippen LogP contribution in [0.5, 0.6) is 0 Å². The van der Waals surface area contributed by atoms with E-state index in [1.54, 1.807) is 25.1 Å². The lowest BCUT2D eigenvalue weighted by molar-refractivity contribution is 0.0599. The molecule has 0 bridgehead atoms. The summed E-state index contributed by atoms with van der Waals surface area (Å²) < 4.78 is 26.9. The third-order valence-corrected chi connectivity index (χ3v) is 3.45. The fourth-order valence-electron chi connectivity index (χ4n) is 2.23. The molecule has 2 aromatic carbocycles. The van der Waals surface area contributed by atoms with Crippen LogP contribution in [0.2, 0.25) is 5.02 Å². The first-order valence-electron chi connectivity index (χ1n) is 6.27. The van der Waals surface area contributed by atoms with E-state index < -0.39 is 11.4 Å². The van der Waals surface area contributed by atoms with E-state index in [-0.39, 0.29) is 29.2 Å². The lowest BCUT2D eigenvalue weighted by Crippen LogP contribution is -2.30. The second kappa shape index (κ2) is 5.90. The van der Waals surface area contributed by atoms with Gasteiger partial charge in [-0.3, -0.25) is 0 Å². The molecule has 106 valence electrons. The Morgan fingerprint density at radius 1 is 1.10 bits per heavy atom. The van der Waals surface area contributed by atoms with E-state index in [9.17, 15) is 13.9 Å². The van der Waals surface area contributed by atoms with Gasteiger partial charge in [0.05, 0.1) is 5.60 Å². The highest BCUT2D eigenvalue weighted by Crippen LogP contribution is 2.26. The monoisotopic (exact) mass is 296 g/mol. The molecule has 0 aliphatic carbocycles. The molecule has 0 saturated heterocycles. The molecule has 0 aliphatic heterocycles. The van der Waals surface area contributed by atoms with Crippen molar-refractivity contribution < 1.29 is 13.9 Å². The molecule has 0 aromatic heterocycles. The first-order chi connectivity index (χ1) is 9.37. The molecule has 0 heterocycles. The molecule has 0 aliphatic rings. The Bertz CT molecular complexity index is 591. The van der Waals surface area contributed by atoms with Gasteiger partial charge in [-0.15, -0.1) is 0 Å². The molecule has 1 unspecified atom stereocenters. The second-order valence-corrected chi connectivity index (χ2v) is 5.59. The van der Waals surface area contributed by atoms with Gasteiger partial charge < -0.3 is 5.11 Å². The first kappa shape index (κ1) is 14.9. The SMILES string of the molecule is CC(O)(Cc1cccc(F)c1)Cc1c(F)cccc1Cl. The summed E-state index contributed by atoms with van der Waals surface area (Å²) in [7, 11) is 0. The summed E-state index contributed by atoms with van der Waals surface area (Å²) in [5.41, 5.74) is -0.280. The fraction of sp³-hybridized carbons (Fsp3) is 0.250. The Hall–Kier alpha value is -1.45. The van der Waals surface area contributed by atoms with Crippen LogP contribution in [-0.2, 0) is 12.8 Å². The van der Waals surface area contributed by atoms with E-state index in [1.165, 1.54) is 24.3 Å². The number of benzene rings is 2. The van der Waals surface area contributed by atoms with Crippen molar-refractivity contribution in [2.24, 2.45) is 0 Å². The summed E-state index contributed by atoms with van der Waals surface area (Å²) in [5, 5.41) is 10.7. The van der Waals surface area contributed by atoms with Gasteiger partial charge in [0.1, 0.15) is 11.6 Å². The molecule has 4 heteroatoms. The van der Waals surface area contributed by atoms with E-state index in [1.807, 2.05) is 0 Å².